The molecule has 2 aliphatic heterocycles. The zero-order valence-corrected chi connectivity index (χ0v) is 13.1. The highest BCUT2D eigenvalue weighted by atomic mass is 19.4. The molecular formula is C14H12F3N5O4. The van der Waals surface area contributed by atoms with Gasteiger partial charge in [0.2, 0.25) is 0 Å². The number of nitrogens with zero attached hydrogens (tertiary/aromatic N) is 5. The van der Waals surface area contributed by atoms with Crippen LogP contribution in [0.1, 0.15) is 5.56 Å². The van der Waals surface area contributed by atoms with Gasteiger partial charge in [-0.1, -0.05) is 5.11 Å². The highest BCUT2D eigenvalue weighted by molar-refractivity contribution is 5.93. The lowest BCUT2D eigenvalue weighted by Crippen LogP contribution is -2.28. The third-order valence-corrected chi connectivity index (χ3v) is 3.87. The van der Waals surface area contributed by atoms with E-state index in [2.05, 4.69) is 14.8 Å². The summed E-state index contributed by atoms with van der Waals surface area (Å²) in [7, 11) is 0. The Balaban J connectivity index is 1.93. The molecule has 12 heteroatoms. The molecule has 0 aliphatic carbocycles. The molecule has 2 heterocycles. The first kappa shape index (κ1) is 17.7. The van der Waals surface area contributed by atoms with E-state index in [9.17, 15) is 22.8 Å². The monoisotopic (exact) mass is 371 g/mol. The second kappa shape index (κ2) is 6.64. The lowest BCUT2D eigenvalue weighted by Gasteiger charge is -2.22. The van der Waals surface area contributed by atoms with Crippen LogP contribution in [0.15, 0.2) is 23.3 Å². The molecule has 26 heavy (non-hydrogen) atoms. The van der Waals surface area contributed by atoms with Crippen molar-refractivity contribution >= 4 is 23.6 Å². The predicted octanol–water partition coefficient (Wildman–Crippen LogP) is 3.30. The average Bonchev–Trinajstić information content (AvgIpc) is 3.17. The highest BCUT2D eigenvalue weighted by Crippen LogP contribution is 2.40. The van der Waals surface area contributed by atoms with Crippen molar-refractivity contribution in [3.63, 3.8) is 0 Å². The maximum Gasteiger partial charge on any atom is 0.418 e. The Morgan fingerprint density at radius 3 is 2.65 bits per heavy atom. The number of benzene rings is 1. The number of halogens is 3. The van der Waals surface area contributed by atoms with Crippen molar-refractivity contribution in [2.45, 2.75) is 12.3 Å². The molecule has 0 bridgehead atoms. The van der Waals surface area contributed by atoms with Crippen LogP contribution in [0, 0.1) is 0 Å². The quantitative estimate of drug-likeness (QED) is 0.460. The van der Waals surface area contributed by atoms with Crippen LogP contribution in [0.3, 0.4) is 0 Å². The minimum Gasteiger partial charge on any atom is -0.447 e. The smallest absolute Gasteiger partial charge is 0.418 e. The molecule has 2 aliphatic rings. The number of azide groups is 1. The van der Waals surface area contributed by atoms with Crippen molar-refractivity contribution in [1.82, 2.24) is 0 Å². The fourth-order valence-electron chi connectivity index (χ4n) is 2.72. The summed E-state index contributed by atoms with van der Waals surface area (Å²) in [4.78, 5) is 28.0. The van der Waals surface area contributed by atoms with E-state index in [1.165, 1.54) is 6.07 Å². The molecule has 0 N–H and O–H groups in total. The van der Waals surface area contributed by atoms with Crippen LogP contribution in [-0.2, 0) is 15.7 Å². The number of alkyl halides is 3. The number of rotatable bonds is 4. The summed E-state index contributed by atoms with van der Waals surface area (Å²) in [6.07, 6.45) is -7.20. The Kier molecular flexibility index (Phi) is 4.51. The standard InChI is InChI=1S/C14H12F3N5O4/c15-14(16,17)10-5-8(1-2-11(10)21-3-4-25-12(21)23)22-7-9(6-19-20-18)26-13(22)24/h1-2,5,9H,3-4,6-7H2. The molecule has 0 aromatic heterocycles. The minimum atomic E-state index is -4.75. The number of amides is 2. The normalized spacial score (nSPS) is 20.0. The molecule has 3 rings (SSSR count). The average molecular weight is 371 g/mol. The van der Waals surface area contributed by atoms with Gasteiger partial charge in [-0.2, -0.15) is 13.2 Å². The van der Waals surface area contributed by atoms with Gasteiger partial charge in [0.25, 0.3) is 0 Å². The van der Waals surface area contributed by atoms with Crippen molar-refractivity contribution in [2.24, 2.45) is 5.11 Å². The van der Waals surface area contributed by atoms with Crippen LogP contribution < -0.4 is 9.80 Å². The van der Waals surface area contributed by atoms with Crippen molar-refractivity contribution in [3.8, 4) is 0 Å². The van der Waals surface area contributed by atoms with Crippen LogP contribution >= 0.6 is 0 Å². The van der Waals surface area contributed by atoms with E-state index in [-0.39, 0.29) is 37.6 Å². The second-order valence-corrected chi connectivity index (χ2v) is 5.50. The van der Waals surface area contributed by atoms with Gasteiger partial charge in [0, 0.05) is 10.6 Å². The Morgan fingerprint density at radius 2 is 2.04 bits per heavy atom. The SMILES string of the molecule is [N-]=[N+]=NCC1CN(c2ccc(N3CCOC3=O)c(C(F)(F)F)c2)C(=O)O1. The summed E-state index contributed by atoms with van der Waals surface area (Å²) < 4.78 is 50.0. The van der Waals surface area contributed by atoms with Crippen LogP contribution in [0.2, 0.25) is 0 Å². The van der Waals surface area contributed by atoms with Gasteiger partial charge in [-0.15, -0.1) is 0 Å². The lowest BCUT2D eigenvalue weighted by atomic mass is 10.1. The van der Waals surface area contributed by atoms with Gasteiger partial charge in [-0.05, 0) is 23.7 Å². The van der Waals surface area contributed by atoms with E-state index in [1.54, 1.807) is 0 Å². The fraction of sp³-hybridized carbons (Fsp3) is 0.429. The Bertz CT molecular complexity index is 793. The number of ether oxygens (including phenoxy) is 2. The first-order chi connectivity index (χ1) is 12.3. The summed E-state index contributed by atoms with van der Waals surface area (Å²) in [5.74, 6) is 0. The van der Waals surface area contributed by atoms with Gasteiger partial charge in [0.15, 0.2) is 0 Å². The van der Waals surface area contributed by atoms with Crippen LogP contribution in [0.5, 0.6) is 0 Å². The molecule has 0 spiro atoms. The van der Waals surface area contributed by atoms with Crippen LogP contribution in [0.25, 0.3) is 10.4 Å². The van der Waals surface area contributed by atoms with E-state index in [0.717, 1.165) is 21.9 Å². The minimum absolute atomic E-state index is 0.00124. The molecule has 2 fully saturated rings. The van der Waals surface area contributed by atoms with Crippen molar-refractivity contribution in [1.29, 1.82) is 0 Å². The zero-order chi connectivity index (χ0) is 18.9. The van der Waals surface area contributed by atoms with E-state index < -0.39 is 30.0 Å². The summed E-state index contributed by atoms with van der Waals surface area (Å²) in [5.41, 5.74) is 6.84. The van der Waals surface area contributed by atoms with Gasteiger partial charge in [-0.25, -0.2) is 9.59 Å². The van der Waals surface area contributed by atoms with E-state index in [0.29, 0.717) is 0 Å². The van der Waals surface area contributed by atoms with Gasteiger partial charge in [-0.3, -0.25) is 9.80 Å². The van der Waals surface area contributed by atoms with Crippen molar-refractivity contribution < 1.29 is 32.2 Å². The first-order valence-electron chi connectivity index (χ1n) is 7.46. The lowest BCUT2D eigenvalue weighted by molar-refractivity contribution is -0.137. The Morgan fingerprint density at radius 1 is 1.27 bits per heavy atom. The highest BCUT2D eigenvalue weighted by Gasteiger charge is 2.40. The summed E-state index contributed by atoms with van der Waals surface area (Å²) in [6.45, 7) is -0.179. The molecule has 9 nitrogen and oxygen atoms in total. The van der Waals surface area contributed by atoms with Gasteiger partial charge in [0.1, 0.15) is 12.7 Å². The number of cyclic esters (lactones) is 2. The molecule has 0 saturated carbocycles. The Labute approximate surface area is 144 Å². The van der Waals surface area contributed by atoms with E-state index >= 15 is 0 Å². The van der Waals surface area contributed by atoms with E-state index in [1.807, 2.05) is 0 Å². The van der Waals surface area contributed by atoms with Crippen molar-refractivity contribution in [3.05, 3.63) is 34.2 Å². The van der Waals surface area contributed by atoms with Crippen molar-refractivity contribution in [2.75, 3.05) is 36.0 Å². The molecule has 0 radical (unpaired) electrons. The largest absolute Gasteiger partial charge is 0.447 e. The van der Waals surface area contributed by atoms with Gasteiger partial charge < -0.3 is 9.47 Å². The molecule has 138 valence electrons. The topological polar surface area (TPSA) is 108 Å². The molecule has 1 aromatic rings. The maximum absolute atomic E-state index is 13.5. The maximum atomic E-state index is 13.5. The summed E-state index contributed by atoms with van der Waals surface area (Å²) in [5, 5.41) is 3.29. The van der Waals surface area contributed by atoms with Crippen LogP contribution in [-0.4, -0.2) is 44.5 Å². The molecule has 2 amide bonds. The molecule has 1 aromatic carbocycles. The fourth-order valence-corrected chi connectivity index (χ4v) is 2.72. The number of anilines is 2. The zero-order valence-electron chi connectivity index (χ0n) is 13.1. The third kappa shape index (κ3) is 3.31. The van der Waals surface area contributed by atoms with Gasteiger partial charge in [0.05, 0.1) is 30.9 Å². The molecule has 1 atom stereocenters. The summed E-state index contributed by atoms with van der Waals surface area (Å²) >= 11 is 0. The molecule has 1 unspecified atom stereocenters. The third-order valence-electron chi connectivity index (χ3n) is 3.87. The number of carbonyl (C=O) groups is 2. The predicted molar refractivity (Wildman–Crippen MR) is 81.8 cm³/mol. The number of hydrogen-bond donors (Lipinski definition) is 0. The molecule has 2 saturated heterocycles. The molecular weight excluding hydrogens is 359 g/mol. The summed E-state index contributed by atoms with van der Waals surface area (Å²) in [6, 6.07) is 3.17. The Hall–Kier alpha value is -3.14. The second-order valence-electron chi connectivity index (χ2n) is 5.50. The van der Waals surface area contributed by atoms with E-state index in [4.69, 9.17) is 10.3 Å². The van der Waals surface area contributed by atoms with Gasteiger partial charge >= 0.3 is 18.4 Å². The number of carbonyl (C=O) groups excluding carboxylic acids is 2. The first-order valence-corrected chi connectivity index (χ1v) is 7.46. The number of hydrogen-bond acceptors (Lipinski definition) is 5. The van der Waals surface area contributed by atoms with Crippen LogP contribution in [0.4, 0.5) is 34.1 Å².